The topological polar surface area (TPSA) is 82.0 Å². The number of thioether (sulfide) groups is 1. The number of para-hydroxylation sites is 1. The maximum atomic E-state index is 12.1. The summed E-state index contributed by atoms with van der Waals surface area (Å²) in [5, 5.41) is 10.6. The van der Waals surface area contributed by atoms with E-state index in [2.05, 4.69) is 25.8 Å². The molecule has 0 bridgehead atoms. The van der Waals surface area contributed by atoms with E-state index in [-0.39, 0.29) is 23.4 Å². The maximum Gasteiger partial charge on any atom is 0.319 e. The summed E-state index contributed by atoms with van der Waals surface area (Å²) in [5.41, 5.74) is 2.07. The van der Waals surface area contributed by atoms with Crippen molar-refractivity contribution in [2.24, 2.45) is 0 Å². The minimum absolute atomic E-state index is 0.0485. The van der Waals surface area contributed by atoms with E-state index < -0.39 is 0 Å². The van der Waals surface area contributed by atoms with Crippen molar-refractivity contribution in [2.75, 3.05) is 6.61 Å². The van der Waals surface area contributed by atoms with Crippen LogP contribution in [-0.4, -0.2) is 49.8 Å². The van der Waals surface area contributed by atoms with Crippen LogP contribution in [0.5, 0.6) is 0 Å². The van der Waals surface area contributed by atoms with Crippen molar-refractivity contribution in [3.63, 3.8) is 0 Å². The second-order valence-electron chi connectivity index (χ2n) is 7.39. The van der Waals surface area contributed by atoms with E-state index in [4.69, 9.17) is 9.47 Å². The molecular weight excluding hydrogens is 376 g/mol. The van der Waals surface area contributed by atoms with Crippen LogP contribution in [0.1, 0.15) is 26.2 Å². The highest BCUT2D eigenvalue weighted by Gasteiger charge is 2.35. The number of nitrogens with one attached hydrogen (secondary N) is 1. The van der Waals surface area contributed by atoms with E-state index in [0.717, 1.165) is 46.9 Å². The second kappa shape index (κ2) is 7.25. The van der Waals surface area contributed by atoms with E-state index in [1.807, 2.05) is 31.3 Å². The Labute approximate surface area is 166 Å². The molecule has 146 valence electrons. The third-order valence-corrected chi connectivity index (χ3v) is 6.51. The zero-order chi connectivity index (χ0) is 19.1. The van der Waals surface area contributed by atoms with Crippen molar-refractivity contribution >= 4 is 28.6 Å². The van der Waals surface area contributed by atoms with Crippen molar-refractivity contribution in [3.05, 3.63) is 30.5 Å². The Hall–Kier alpha value is -2.32. The Balaban J connectivity index is 1.53. The molecule has 3 atom stereocenters. The summed E-state index contributed by atoms with van der Waals surface area (Å²) in [6.07, 6.45) is 4.86. The van der Waals surface area contributed by atoms with Crippen LogP contribution in [0.2, 0.25) is 0 Å². The van der Waals surface area contributed by atoms with Gasteiger partial charge in [-0.1, -0.05) is 30.0 Å². The third-order valence-electron chi connectivity index (χ3n) is 5.33. The minimum Gasteiger partial charge on any atom is -0.462 e. The number of esters is 1. The SMILES string of the molecule is C[C@@H]1C[C@H](Sc2nnc(-c3c[nH]c4ccccc34)n2C[C@H]2CCCO2)C(=O)O1. The summed E-state index contributed by atoms with van der Waals surface area (Å²) in [5.74, 6) is 0.632. The lowest BCUT2D eigenvalue weighted by molar-refractivity contribution is -0.140. The largest absolute Gasteiger partial charge is 0.462 e. The number of aromatic amines is 1. The fraction of sp³-hybridized carbons (Fsp3) is 0.450. The number of hydrogen-bond donors (Lipinski definition) is 1. The standard InChI is InChI=1S/C20H22N4O3S/c1-12-9-17(19(25)27-12)28-20-23-22-18(24(20)11-13-5-4-8-26-13)15-10-21-16-7-3-2-6-14(15)16/h2-3,6-7,10,12-13,17,21H,4-5,8-9,11H2,1H3/t12-,13-,17+/m1/s1. The van der Waals surface area contributed by atoms with Crippen LogP contribution in [0.3, 0.4) is 0 Å². The molecule has 0 saturated carbocycles. The molecule has 7 nitrogen and oxygen atoms in total. The van der Waals surface area contributed by atoms with E-state index in [1.54, 1.807) is 0 Å². The highest BCUT2D eigenvalue weighted by Crippen LogP contribution is 2.35. The van der Waals surface area contributed by atoms with Gasteiger partial charge in [0.05, 0.1) is 12.6 Å². The molecule has 4 heterocycles. The second-order valence-corrected chi connectivity index (χ2v) is 8.56. The molecule has 8 heteroatoms. The molecule has 3 aromatic rings. The number of aromatic nitrogens is 4. The van der Waals surface area contributed by atoms with Gasteiger partial charge in [0, 0.05) is 35.7 Å². The lowest BCUT2D eigenvalue weighted by atomic mass is 10.1. The number of rotatable bonds is 5. The third kappa shape index (κ3) is 3.20. The summed E-state index contributed by atoms with van der Waals surface area (Å²) in [6, 6.07) is 8.15. The number of H-pyrrole nitrogens is 1. The first kappa shape index (κ1) is 17.8. The Morgan fingerprint density at radius 1 is 1.32 bits per heavy atom. The molecule has 0 spiro atoms. The van der Waals surface area contributed by atoms with Crippen molar-refractivity contribution in [1.82, 2.24) is 19.7 Å². The van der Waals surface area contributed by atoms with E-state index in [0.29, 0.717) is 13.0 Å². The van der Waals surface area contributed by atoms with Crippen LogP contribution >= 0.6 is 11.8 Å². The van der Waals surface area contributed by atoms with E-state index >= 15 is 0 Å². The molecule has 0 radical (unpaired) electrons. The van der Waals surface area contributed by atoms with Gasteiger partial charge in [-0.25, -0.2) is 0 Å². The lowest BCUT2D eigenvalue weighted by Gasteiger charge is -2.15. The first-order valence-corrected chi connectivity index (χ1v) is 10.6. The molecule has 5 rings (SSSR count). The summed E-state index contributed by atoms with van der Waals surface area (Å²) < 4.78 is 13.3. The normalized spacial score (nSPS) is 24.9. The molecule has 0 unspecified atom stereocenters. The van der Waals surface area contributed by atoms with Gasteiger partial charge in [0.2, 0.25) is 0 Å². The number of cyclic esters (lactones) is 1. The van der Waals surface area contributed by atoms with Crippen molar-refractivity contribution < 1.29 is 14.3 Å². The molecule has 0 aliphatic carbocycles. The summed E-state index contributed by atoms with van der Waals surface area (Å²) in [6.45, 7) is 3.40. The Morgan fingerprint density at radius 2 is 2.21 bits per heavy atom. The molecule has 1 aromatic carbocycles. The molecule has 2 aromatic heterocycles. The van der Waals surface area contributed by atoms with Gasteiger partial charge >= 0.3 is 5.97 Å². The molecular formula is C20H22N4O3S. The first-order valence-electron chi connectivity index (χ1n) is 9.67. The summed E-state index contributed by atoms with van der Waals surface area (Å²) >= 11 is 1.45. The molecule has 2 saturated heterocycles. The zero-order valence-corrected chi connectivity index (χ0v) is 16.4. The lowest BCUT2D eigenvalue weighted by Crippen LogP contribution is -2.18. The van der Waals surface area contributed by atoms with Gasteiger partial charge in [-0.2, -0.15) is 0 Å². The predicted molar refractivity (Wildman–Crippen MR) is 106 cm³/mol. The van der Waals surface area contributed by atoms with Crippen molar-refractivity contribution in [1.29, 1.82) is 0 Å². The van der Waals surface area contributed by atoms with Crippen LogP contribution in [0.15, 0.2) is 35.6 Å². The average Bonchev–Trinajstić information content (AvgIpc) is 3.45. The summed E-state index contributed by atoms with van der Waals surface area (Å²) in [7, 11) is 0. The molecule has 2 aliphatic rings. The quantitative estimate of drug-likeness (QED) is 0.664. The van der Waals surface area contributed by atoms with E-state index in [1.165, 1.54) is 11.8 Å². The average molecular weight is 398 g/mol. The fourth-order valence-electron chi connectivity index (χ4n) is 3.93. The van der Waals surface area contributed by atoms with Gasteiger partial charge in [-0.05, 0) is 25.8 Å². The number of ether oxygens (including phenoxy) is 2. The van der Waals surface area contributed by atoms with Gasteiger partial charge < -0.3 is 14.5 Å². The van der Waals surface area contributed by atoms with Gasteiger partial charge in [-0.3, -0.25) is 9.36 Å². The highest BCUT2D eigenvalue weighted by atomic mass is 32.2. The van der Waals surface area contributed by atoms with Crippen LogP contribution in [-0.2, 0) is 20.8 Å². The molecule has 1 N–H and O–H groups in total. The number of fused-ring (bicyclic) bond motifs is 1. The smallest absolute Gasteiger partial charge is 0.319 e. The Kier molecular flexibility index (Phi) is 4.60. The van der Waals surface area contributed by atoms with Crippen LogP contribution in [0.25, 0.3) is 22.3 Å². The molecule has 2 fully saturated rings. The monoisotopic (exact) mass is 398 g/mol. The van der Waals surface area contributed by atoms with Gasteiger partial charge in [0.1, 0.15) is 11.4 Å². The number of hydrogen-bond acceptors (Lipinski definition) is 6. The summed E-state index contributed by atoms with van der Waals surface area (Å²) in [4.78, 5) is 15.4. The van der Waals surface area contributed by atoms with Crippen LogP contribution in [0, 0.1) is 0 Å². The maximum absolute atomic E-state index is 12.1. The van der Waals surface area contributed by atoms with Crippen LogP contribution in [0.4, 0.5) is 0 Å². The van der Waals surface area contributed by atoms with Crippen molar-refractivity contribution in [2.45, 2.75) is 55.3 Å². The number of benzene rings is 1. The van der Waals surface area contributed by atoms with Crippen LogP contribution < -0.4 is 0 Å². The Morgan fingerprint density at radius 3 is 3.00 bits per heavy atom. The minimum atomic E-state index is -0.238. The molecule has 28 heavy (non-hydrogen) atoms. The van der Waals surface area contributed by atoms with Gasteiger partial charge in [0.25, 0.3) is 0 Å². The number of nitrogens with zero attached hydrogens (tertiary/aromatic N) is 3. The molecule has 2 aliphatic heterocycles. The number of carbonyl (C=O) groups excluding carboxylic acids is 1. The van der Waals surface area contributed by atoms with Gasteiger partial charge in [-0.15, -0.1) is 10.2 Å². The van der Waals surface area contributed by atoms with Crippen molar-refractivity contribution in [3.8, 4) is 11.4 Å². The predicted octanol–water partition coefficient (Wildman–Crippen LogP) is 3.40. The zero-order valence-electron chi connectivity index (χ0n) is 15.6. The highest BCUT2D eigenvalue weighted by molar-refractivity contribution is 8.00. The van der Waals surface area contributed by atoms with E-state index in [9.17, 15) is 4.79 Å². The number of carbonyl (C=O) groups is 1. The fourth-order valence-corrected chi connectivity index (χ4v) is 5.08. The molecule has 0 amide bonds. The first-order chi connectivity index (χ1) is 13.7. The van der Waals surface area contributed by atoms with Gasteiger partial charge in [0.15, 0.2) is 11.0 Å². The Bertz CT molecular complexity index is 1010.